The molecule has 0 N–H and O–H groups in total. The second-order valence-corrected chi connectivity index (χ2v) is 20.3. The third-order valence-corrected chi connectivity index (χ3v) is 15.5. The van der Waals surface area contributed by atoms with Gasteiger partial charge in [-0.1, -0.05) is 78.9 Å². The fraction of sp³-hybridized carbons (Fsp3) is 0.0282. The van der Waals surface area contributed by atoms with Crippen LogP contribution in [0.5, 0.6) is 0 Å². The number of hydrogen-bond acceptors (Lipinski definition) is 9. The van der Waals surface area contributed by atoms with Crippen molar-refractivity contribution < 1.29 is 26.3 Å². The molecular weight excluding hydrogens is 1120 g/mol. The molecule has 17 heteroatoms. The van der Waals surface area contributed by atoms with Crippen molar-refractivity contribution >= 4 is 43.6 Å². The number of halogens is 6. The summed E-state index contributed by atoms with van der Waals surface area (Å²) in [6.07, 6.45) is -11.0. The summed E-state index contributed by atoms with van der Waals surface area (Å²) in [6, 6.07) is 59.9. The number of aromatic nitrogens is 2. The molecule has 0 saturated heterocycles. The van der Waals surface area contributed by atoms with Gasteiger partial charge in [-0.3, -0.25) is 0 Å². The fourth-order valence-corrected chi connectivity index (χ4v) is 11.6. The number of fused-ring (bicyclic) bond motifs is 6. The average molecular weight is 1150 g/mol. The van der Waals surface area contributed by atoms with Gasteiger partial charge in [0.05, 0.1) is 149 Å². The second-order valence-electron chi connectivity index (χ2n) is 20.3. The van der Waals surface area contributed by atoms with Gasteiger partial charge in [-0.25, -0.2) is 0 Å². The minimum Gasteiger partial charge on any atom is -0.308 e. The Hall–Kier alpha value is -13.2. The van der Waals surface area contributed by atoms with Gasteiger partial charge in [0.25, 0.3) is 0 Å². The van der Waals surface area contributed by atoms with Crippen molar-refractivity contribution in [1.29, 1.82) is 47.4 Å². The van der Waals surface area contributed by atoms with Crippen LogP contribution >= 0.6 is 0 Å². The SMILES string of the molecule is N#Cc1ccc(-c2ccc3c4ccc(-c5ccc(C#N)cc5C#N)cc4n(-c4cc(C#N)cc(-n5c6cc(-c7ccc(C#N)cc7C#N)ccc6c6ccc(-c7ccc(C#N)cc7C#N)cc65)c4-c4c(C(F)(F)F)cccc4C(F)(F)F)c3c2)c(C#N)c1. The van der Waals surface area contributed by atoms with Gasteiger partial charge in [-0.15, -0.1) is 0 Å². The van der Waals surface area contributed by atoms with Gasteiger partial charge < -0.3 is 9.13 Å². The summed E-state index contributed by atoms with van der Waals surface area (Å²) >= 11 is 0. The standard InChI is InChI=1S/C71H29F6N11/c72-70(73,74)60-2-1-3-61(71(75,76)77)68(60)69-66(87-62-26-44(52-12-4-39(30-78)20-48(52)35-83)8-16-56(62)57-17-9-45(27-63(57)87)53-13-5-40(31-79)21-49(53)36-84)24-43(34-82)25-67(69)88-64-28-46(54-14-6-41(32-80)22-50(54)37-85)10-18-58(64)59-19-11-47(29-65(59)88)55-15-7-42(33-81)23-51(55)38-86/h1-29H. The molecule has 12 rings (SSSR count). The van der Waals surface area contributed by atoms with E-state index >= 15 is 26.3 Å². The van der Waals surface area contributed by atoms with Crippen LogP contribution < -0.4 is 0 Å². The number of alkyl halides is 6. The zero-order valence-electron chi connectivity index (χ0n) is 44.9. The largest absolute Gasteiger partial charge is 0.417 e. The lowest BCUT2D eigenvalue weighted by molar-refractivity contribution is -0.142. The van der Waals surface area contributed by atoms with Crippen molar-refractivity contribution in [2.75, 3.05) is 0 Å². The third kappa shape index (κ3) is 9.12. The molecule has 0 aliphatic rings. The molecule has 0 spiro atoms. The molecule has 410 valence electrons. The first kappa shape index (κ1) is 55.3. The Bertz CT molecular complexity index is 4910. The number of rotatable bonds is 7. The van der Waals surface area contributed by atoms with Crippen molar-refractivity contribution in [3.8, 4) is 122 Å². The molecule has 0 amide bonds. The van der Waals surface area contributed by atoms with Crippen molar-refractivity contribution in [2.45, 2.75) is 12.4 Å². The number of benzene rings is 10. The minimum atomic E-state index is -5.50. The molecule has 0 bridgehead atoms. The van der Waals surface area contributed by atoms with Gasteiger partial charge in [0.1, 0.15) is 0 Å². The van der Waals surface area contributed by atoms with Crippen LogP contribution in [0.1, 0.15) is 61.2 Å². The Morgan fingerprint density at radius 1 is 0.273 bits per heavy atom. The fourth-order valence-electron chi connectivity index (χ4n) is 11.6. The molecule has 0 unspecified atom stereocenters. The molecule has 12 aromatic rings. The molecule has 0 atom stereocenters. The highest BCUT2D eigenvalue weighted by atomic mass is 19.4. The summed E-state index contributed by atoms with van der Waals surface area (Å²) in [5.74, 6) is 0. The van der Waals surface area contributed by atoms with Crippen molar-refractivity contribution in [3.05, 3.63) is 237 Å². The Kier molecular flexibility index (Phi) is 13.3. The molecule has 2 aromatic heterocycles. The maximum atomic E-state index is 16.3. The zero-order valence-corrected chi connectivity index (χ0v) is 44.9. The molecule has 11 nitrogen and oxygen atoms in total. The Balaban J connectivity index is 1.33. The molecule has 2 heterocycles. The predicted molar refractivity (Wildman–Crippen MR) is 315 cm³/mol. The topological polar surface area (TPSA) is 224 Å². The highest BCUT2D eigenvalue weighted by Gasteiger charge is 2.43. The van der Waals surface area contributed by atoms with Crippen molar-refractivity contribution in [1.82, 2.24) is 9.13 Å². The van der Waals surface area contributed by atoms with Crippen LogP contribution in [-0.2, 0) is 12.4 Å². The Morgan fingerprint density at radius 2 is 0.545 bits per heavy atom. The summed E-state index contributed by atoms with van der Waals surface area (Å²) in [6.45, 7) is 0. The van der Waals surface area contributed by atoms with Crippen LogP contribution in [0.15, 0.2) is 176 Å². The molecule has 0 radical (unpaired) electrons. The monoisotopic (exact) mass is 1150 g/mol. The van der Waals surface area contributed by atoms with Gasteiger partial charge >= 0.3 is 12.4 Å². The summed E-state index contributed by atoms with van der Waals surface area (Å²) in [7, 11) is 0. The molecule has 0 saturated carbocycles. The minimum absolute atomic E-state index is 0.0625. The number of nitrogens with zero attached hydrogens (tertiary/aromatic N) is 11. The van der Waals surface area contributed by atoms with Gasteiger partial charge in [0.2, 0.25) is 0 Å². The van der Waals surface area contributed by atoms with E-state index in [-0.39, 0.29) is 83.5 Å². The van der Waals surface area contributed by atoms with Crippen molar-refractivity contribution in [3.63, 3.8) is 0 Å². The molecule has 0 aliphatic heterocycles. The second kappa shape index (κ2) is 21.2. The first-order chi connectivity index (χ1) is 42.5. The summed E-state index contributed by atoms with van der Waals surface area (Å²) in [5, 5.41) is 93.7. The molecular formula is C71H29F6N11. The molecule has 88 heavy (non-hydrogen) atoms. The van der Waals surface area contributed by atoms with E-state index < -0.39 is 34.6 Å². The van der Waals surface area contributed by atoms with Crippen molar-refractivity contribution in [2.24, 2.45) is 0 Å². The maximum Gasteiger partial charge on any atom is 0.417 e. The van der Waals surface area contributed by atoms with Crippen LogP contribution in [0.4, 0.5) is 26.3 Å². The van der Waals surface area contributed by atoms with E-state index in [9.17, 15) is 47.4 Å². The van der Waals surface area contributed by atoms with Gasteiger partial charge in [0.15, 0.2) is 0 Å². The van der Waals surface area contributed by atoms with E-state index in [2.05, 4.69) is 30.3 Å². The highest BCUT2D eigenvalue weighted by molar-refractivity contribution is 6.14. The van der Waals surface area contributed by atoms with E-state index in [4.69, 9.17) is 0 Å². The third-order valence-electron chi connectivity index (χ3n) is 15.5. The van der Waals surface area contributed by atoms with E-state index in [0.29, 0.717) is 84.3 Å². The van der Waals surface area contributed by atoms with Crippen LogP contribution in [0.25, 0.3) is 111 Å². The average Bonchev–Trinajstić information content (AvgIpc) is 1.60. The maximum absolute atomic E-state index is 16.3. The van der Waals surface area contributed by atoms with Gasteiger partial charge in [-0.05, 0) is 142 Å². The van der Waals surface area contributed by atoms with E-state index in [0.717, 1.165) is 0 Å². The van der Waals surface area contributed by atoms with Crippen LogP contribution in [0, 0.1) is 102 Å². The first-order valence-corrected chi connectivity index (χ1v) is 26.3. The van der Waals surface area contributed by atoms with Gasteiger partial charge in [-0.2, -0.15) is 73.7 Å². The van der Waals surface area contributed by atoms with Crippen LogP contribution in [0.2, 0.25) is 0 Å². The quantitative estimate of drug-likeness (QED) is 0.138. The van der Waals surface area contributed by atoms with E-state index in [1.165, 1.54) is 94.1 Å². The smallest absolute Gasteiger partial charge is 0.308 e. The lowest BCUT2D eigenvalue weighted by Gasteiger charge is -2.26. The lowest BCUT2D eigenvalue weighted by atomic mass is 9.89. The molecule has 0 aliphatic carbocycles. The highest BCUT2D eigenvalue weighted by Crippen LogP contribution is 2.52. The van der Waals surface area contributed by atoms with Crippen LogP contribution in [-0.4, -0.2) is 9.13 Å². The first-order valence-electron chi connectivity index (χ1n) is 26.3. The number of hydrogen-bond donors (Lipinski definition) is 0. The van der Waals surface area contributed by atoms with Gasteiger partial charge in [0, 0.05) is 32.7 Å². The Morgan fingerprint density at radius 3 is 0.784 bits per heavy atom. The lowest BCUT2D eigenvalue weighted by Crippen LogP contribution is -2.16. The summed E-state index contributed by atoms with van der Waals surface area (Å²) in [5.41, 5.74) is -2.39. The number of nitriles is 9. The van der Waals surface area contributed by atoms with E-state index in [1.54, 1.807) is 72.8 Å². The summed E-state index contributed by atoms with van der Waals surface area (Å²) in [4.78, 5) is 0. The summed E-state index contributed by atoms with van der Waals surface area (Å²) < 4.78 is 100. The zero-order chi connectivity index (χ0) is 61.9. The molecule has 0 fully saturated rings. The van der Waals surface area contributed by atoms with Crippen LogP contribution in [0.3, 0.4) is 0 Å². The predicted octanol–water partition coefficient (Wildman–Crippen LogP) is 17.1. The normalized spacial score (nSPS) is 11.2. The Labute approximate surface area is 495 Å². The molecule has 10 aromatic carbocycles. The van der Waals surface area contributed by atoms with E-state index in [1.807, 2.05) is 24.3 Å².